The Morgan fingerprint density at radius 1 is 0.944 bits per heavy atom. The maximum absolute atomic E-state index is 9.38. The lowest BCUT2D eigenvalue weighted by atomic mass is 10.1. The number of aromatic nitrogens is 2. The van der Waals surface area contributed by atoms with Gasteiger partial charge in [0.1, 0.15) is 5.75 Å². The molecule has 92 valence electrons. The number of phenolic OH excluding ortho intramolecular Hbond substituents is 1. The highest BCUT2D eigenvalue weighted by Gasteiger charge is 2.02. The third-order valence-corrected chi connectivity index (χ3v) is 2.82. The molecule has 0 aliphatic carbocycles. The van der Waals surface area contributed by atoms with E-state index in [4.69, 9.17) is 0 Å². The zero-order valence-corrected chi connectivity index (χ0v) is 10.8. The third-order valence-electron chi connectivity index (χ3n) is 2.82. The van der Waals surface area contributed by atoms with Gasteiger partial charge in [-0.3, -0.25) is 4.98 Å². The van der Waals surface area contributed by atoms with Crippen molar-refractivity contribution in [2.75, 3.05) is 0 Å². The molecule has 2 aromatic rings. The van der Waals surface area contributed by atoms with Crippen molar-refractivity contribution in [3.63, 3.8) is 0 Å². The molecule has 0 fully saturated rings. The minimum absolute atomic E-state index is 0.264. The van der Waals surface area contributed by atoms with Gasteiger partial charge in [-0.15, -0.1) is 0 Å². The van der Waals surface area contributed by atoms with Crippen LogP contribution in [0.1, 0.15) is 28.3 Å². The summed E-state index contributed by atoms with van der Waals surface area (Å²) in [4.78, 5) is 8.94. The van der Waals surface area contributed by atoms with Crippen LogP contribution in [-0.2, 0) is 0 Å². The van der Waals surface area contributed by atoms with Crippen LogP contribution >= 0.6 is 0 Å². The second kappa shape index (κ2) is 5.00. The van der Waals surface area contributed by atoms with Gasteiger partial charge >= 0.3 is 0 Å². The highest BCUT2D eigenvalue weighted by Crippen LogP contribution is 2.15. The van der Waals surface area contributed by atoms with E-state index in [2.05, 4.69) is 9.97 Å². The number of nitrogens with zero attached hydrogens (tertiary/aromatic N) is 2. The maximum atomic E-state index is 9.38. The Morgan fingerprint density at radius 2 is 1.67 bits per heavy atom. The molecular formula is C15H16N2O. The summed E-state index contributed by atoms with van der Waals surface area (Å²) in [6.07, 6.45) is 3.84. The summed E-state index contributed by atoms with van der Waals surface area (Å²) in [6.45, 7) is 5.85. The summed E-state index contributed by atoms with van der Waals surface area (Å²) in [5, 5.41) is 9.38. The zero-order chi connectivity index (χ0) is 13.1. The molecule has 0 radical (unpaired) electrons. The SMILES string of the molecule is Cc1nc(C)c(C=Cc2cccc(O)c2)nc1C. The van der Waals surface area contributed by atoms with Crippen LogP contribution < -0.4 is 0 Å². The highest BCUT2D eigenvalue weighted by atomic mass is 16.3. The number of benzene rings is 1. The zero-order valence-electron chi connectivity index (χ0n) is 10.8. The van der Waals surface area contributed by atoms with Gasteiger partial charge in [-0.25, -0.2) is 4.98 Å². The van der Waals surface area contributed by atoms with Crippen LogP contribution in [-0.4, -0.2) is 15.1 Å². The van der Waals surface area contributed by atoms with Crippen LogP contribution in [0.5, 0.6) is 5.75 Å². The normalized spacial score (nSPS) is 11.1. The van der Waals surface area contributed by atoms with Gasteiger partial charge in [-0.05, 0) is 44.5 Å². The van der Waals surface area contributed by atoms with Crippen LogP contribution in [0, 0.1) is 20.8 Å². The van der Waals surface area contributed by atoms with Crippen molar-refractivity contribution in [2.24, 2.45) is 0 Å². The second-order valence-electron chi connectivity index (χ2n) is 4.29. The smallest absolute Gasteiger partial charge is 0.116 e. The van der Waals surface area contributed by atoms with Gasteiger partial charge in [-0.2, -0.15) is 0 Å². The van der Waals surface area contributed by atoms with E-state index in [-0.39, 0.29) is 5.75 Å². The third kappa shape index (κ3) is 2.74. The van der Waals surface area contributed by atoms with Crippen molar-refractivity contribution in [3.8, 4) is 5.75 Å². The van der Waals surface area contributed by atoms with Crippen LogP contribution in [0.3, 0.4) is 0 Å². The first-order chi connectivity index (χ1) is 8.56. The van der Waals surface area contributed by atoms with E-state index < -0.39 is 0 Å². The van der Waals surface area contributed by atoms with E-state index in [1.807, 2.05) is 45.1 Å². The van der Waals surface area contributed by atoms with Crippen molar-refractivity contribution in [1.82, 2.24) is 9.97 Å². The molecule has 0 aliphatic rings. The molecule has 1 aromatic carbocycles. The molecule has 0 spiro atoms. The predicted octanol–water partition coefficient (Wildman–Crippen LogP) is 3.28. The maximum Gasteiger partial charge on any atom is 0.116 e. The number of aromatic hydroxyl groups is 1. The Morgan fingerprint density at radius 3 is 2.39 bits per heavy atom. The van der Waals surface area contributed by atoms with Gasteiger partial charge in [0.25, 0.3) is 0 Å². The molecule has 2 rings (SSSR count). The van der Waals surface area contributed by atoms with Gasteiger partial charge in [0.15, 0.2) is 0 Å². The van der Waals surface area contributed by atoms with Gasteiger partial charge in [0.2, 0.25) is 0 Å². The van der Waals surface area contributed by atoms with Crippen molar-refractivity contribution in [2.45, 2.75) is 20.8 Å². The van der Waals surface area contributed by atoms with Crippen molar-refractivity contribution in [1.29, 1.82) is 0 Å². The van der Waals surface area contributed by atoms with Crippen molar-refractivity contribution >= 4 is 12.2 Å². The minimum Gasteiger partial charge on any atom is -0.508 e. The molecule has 1 N–H and O–H groups in total. The summed E-state index contributed by atoms with van der Waals surface area (Å²) < 4.78 is 0. The quantitative estimate of drug-likeness (QED) is 0.876. The molecule has 0 amide bonds. The van der Waals surface area contributed by atoms with Crippen molar-refractivity contribution in [3.05, 3.63) is 52.6 Å². The fraction of sp³-hybridized carbons (Fsp3) is 0.200. The van der Waals surface area contributed by atoms with E-state index in [9.17, 15) is 5.11 Å². The molecule has 1 aromatic heterocycles. The first-order valence-corrected chi connectivity index (χ1v) is 5.85. The lowest BCUT2D eigenvalue weighted by molar-refractivity contribution is 0.475. The minimum atomic E-state index is 0.264. The van der Waals surface area contributed by atoms with E-state index in [1.54, 1.807) is 12.1 Å². The van der Waals surface area contributed by atoms with E-state index in [0.29, 0.717) is 0 Å². The van der Waals surface area contributed by atoms with Crippen LogP contribution in [0.25, 0.3) is 12.2 Å². The number of hydrogen-bond donors (Lipinski definition) is 1. The first-order valence-electron chi connectivity index (χ1n) is 5.85. The number of aryl methyl sites for hydroxylation is 3. The topological polar surface area (TPSA) is 46.0 Å². The molecule has 0 unspecified atom stereocenters. The number of phenols is 1. The van der Waals surface area contributed by atoms with E-state index >= 15 is 0 Å². The highest BCUT2D eigenvalue weighted by molar-refractivity contribution is 5.69. The molecule has 0 atom stereocenters. The number of hydrogen-bond acceptors (Lipinski definition) is 3. The van der Waals surface area contributed by atoms with E-state index in [0.717, 1.165) is 28.3 Å². The summed E-state index contributed by atoms with van der Waals surface area (Å²) in [7, 11) is 0. The average molecular weight is 240 g/mol. The lowest BCUT2D eigenvalue weighted by Crippen LogP contribution is -1.98. The Labute approximate surface area is 107 Å². The molecular weight excluding hydrogens is 224 g/mol. The van der Waals surface area contributed by atoms with Crippen molar-refractivity contribution < 1.29 is 5.11 Å². The standard InChI is InChI=1S/C15H16N2O/c1-10-11(2)17-15(12(3)16-10)8-7-13-5-4-6-14(18)9-13/h4-9,18H,1-3H3. The largest absolute Gasteiger partial charge is 0.508 e. The van der Waals surface area contributed by atoms with Gasteiger partial charge < -0.3 is 5.11 Å². The number of rotatable bonds is 2. The van der Waals surface area contributed by atoms with Crippen LogP contribution in [0.15, 0.2) is 24.3 Å². The fourth-order valence-electron chi connectivity index (χ4n) is 1.69. The first kappa shape index (κ1) is 12.3. The molecule has 18 heavy (non-hydrogen) atoms. The molecule has 0 saturated carbocycles. The van der Waals surface area contributed by atoms with Crippen LogP contribution in [0.2, 0.25) is 0 Å². The molecule has 0 aliphatic heterocycles. The average Bonchev–Trinajstić information content (AvgIpc) is 2.32. The molecule has 1 heterocycles. The predicted molar refractivity (Wildman–Crippen MR) is 73.3 cm³/mol. The lowest BCUT2D eigenvalue weighted by Gasteiger charge is -2.04. The summed E-state index contributed by atoms with van der Waals surface area (Å²) in [6, 6.07) is 7.10. The monoisotopic (exact) mass is 240 g/mol. The van der Waals surface area contributed by atoms with Crippen LogP contribution in [0.4, 0.5) is 0 Å². The molecule has 3 heteroatoms. The molecule has 0 saturated heterocycles. The fourth-order valence-corrected chi connectivity index (χ4v) is 1.69. The molecule has 3 nitrogen and oxygen atoms in total. The summed E-state index contributed by atoms with van der Waals surface area (Å²) in [5.41, 5.74) is 4.61. The van der Waals surface area contributed by atoms with Gasteiger partial charge in [-0.1, -0.05) is 18.2 Å². The molecule has 0 bridgehead atoms. The summed E-state index contributed by atoms with van der Waals surface area (Å²) in [5.74, 6) is 0.264. The Hall–Kier alpha value is -2.16. The van der Waals surface area contributed by atoms with E-state index in [1.165, 1.54) is 0 Å². The summed E-state index contributed by atoms with van der Waals surface area (Å²) >= 11 is 0. The second-order valence-corrected chi connectivity index (χ2v) is 4.29. The van der Waals surface area contributed by atoms with Gasteiger partial charge in [0, 0.05) is 0 Å². The Balaban J connectivity index is 2.32. The Kier molecular flexibility index (Phi) is 3.42. The van der Waals surface area contributed by atoms with Gasteiger partial charge in [0.05, 0.1) is 22.8 Å². The Bertz CT molecular complexity index is 603.